The zero-order chi connectivity index (χ0) is 10.7. The first-order valence-electron chi connectivity index (χ1n) is 4.21. The molecule has 78 valence electrons. The van der Waals surface area contributed by atoms with Crippen molar-refractivity contribution in [2.75, 3.05) is 6.67 Å². The molecule has 4 nitrogen and oxygen atoms in total. The van der Waals surface area contributed by atoms with Gasteiger partial charge in [0.05, 0.1) is 18.3 Å². The summed E-state index contributed by atoms with van der Waals surface area (Å²) in [7, 11) is 0. The zero-order valence-electron chi connectivity index (χ0n) is 7.87. The lowest BCUT2D eigenvalue weighted by atomic mass is 10.0. The van der Waals surface area contributed by atoms with Gasteiger partial charge in [-0.25, -0.2) is 4.39 Å². The maximum absolute atomic E-state index is 12.4. The fourth-order valence-electron chi connectivity index (χ4n) is 1.27. The third-order valence-electron chi connectivity index (χ3n) is 2.07. The van der Waals surface area contributed by atoms with Crippen LogP contribution in [0.2, 0.25) is 0 Å². The maximum Gasteiger partial charge on any atom is 0.141 e. The van der Waals surface area contributed by atoms with Crippen LogP contribution in [0.4, 0.5) is 4.39 Å². The van der Waals surface area contributed by atoms with Crippen molar-refractivity contribution in [1.29, 1.82) is 0 Å². The standard InChI is InChI=1S/C9H13FN2O2/c1-5-9(14)8(7(11)2-10)6(4-13)3-12-5/h3,7,13-14H,2,4,11H2,1H3/t7-/m1/s1. The number of nitrogens with two attached hydrogens (primary N) is 1. The monoisotopic (exact) mass is 200 g/mol. The summed E-state index contributed by atoms with van der Waals surface area (Å²) in [5, 5.41) is 18.5. The van der Waals surface area contributed by atoms with Crippen LogP contribution in [0.15, 0.2) is 6.20 Å². The molecule has 0 fully saturated rings. The summed E-state index contributed by atoms with van der Waals surface area (Å²) in [5.74, 6) is -0.137. The molecule has 0 aliphatic heterocycles. The van der Waals surface area contributed by atoms with Gasteiger partial charge in [0.15, 0.2) is 0 Å². The Morgan fingerprint density at radius 3 is 2.79 bits per heavy atom. The van der Waals surface area contributed by atoms with E-state index in [4.69, 9.17) is 10.8 Å². The molecule has 0 bridgehead atoms. The van der Waals surface area contributed by atoms with Gasteiger partial charge in [0.2, 0.25) is 0 Å². The van der Waals surface area contributed by atoms with Gasteiger partial charge in [-0.15, -0.1) is 0 Å². The summed E-state index contributed by atoms with van der Waals surface area (Å²) in [6.45, 7) is 0.485. The number of rotatable bonds is 3. The normalized spacial score (nSPS) is 12.9. The molecule has 0 saturated carbocycles. The highest BCUT2D eigenvalue weighted by molar-refractivity contribution is 5.42. The van der Waals surface area contributed by atoms with E-state index < -0.39 is 12.7 Å². The van der Waals surface area contributed by atoms with Gasteiger partial charge in [-0.1, -0.05) is 0 Å². The van der Waals surface area contributed by atoms with Crippen LogP contribution in [0, 0.1) is 6.92 Å². The summed E-state index contributed by atoms with van der Waals surface area (Å²) in [6.07, 6.45) is 1.39. The van der Waals surface area contributed by atoms with Crippen molar-refractivity contribution in [3.05, 3.63) is 23.0 Å². The van der Waals surface area contributed by atoms with Crippen molar-refractivity contribution >= 4 is 0 Å². The minimum absolute atomic E-state index is 0.137. The number of pyridine rings is 1. The number of aromatic hydroxyl groups is 1. The first kappa shape index (κ1) is 10.9. The van der Waals surface area contributed by atoms with Crippen molar-refractivity contribution in [2.45, 2.75) is 19.6 Å². The molecular weight excluding hydrogens is 187 g/mol. The average molecular weight is 200 g/mol. The number of hydrogen-bond acceptors (Lipinski definition) is 4. The average Bonchev–Trinajstić information content (AvgIpc) is 2.20. The molecular formula is C9H13FN2O2. The summed E-state index contributed by atoms with van der Waals surface area (Å²) in [6, 6.07) is -0.918. The predicted molar refractivity (Wildman–Crippen MR) is 49.5 cm³/mol. The number of aryl methyl sites for hydroxylation is 1. The van der Waals surface area contributed by atoms with E-state index in [1.165, 1.54) is 6.20 Å². The van der Waals surface area contributed by atoms with Gasteiger partial charge < -0.3 is 15.9 Å². The molecule has 0 aliphatic carbocycles. The van der Waals surface area contributed by atoms with Gasteiger partial charge in [0.1, 0.15) is 12.4 Å². The van der Waals surface area contributed by atoms with Crippen LogP contribution in [0.5, 0.6) is 5.75 Å². The number of aliphatic hydroxyl groups excluding tert-OH is 1. The number of aromatic nitrogens is 1. The van der Waals surface area contributed by atoms with Crippen LogP contribution in [0.3, 0.4) is 0 Å². The topological polar surface area (TPSA) is 79.4 Å². The zero-order valence-corrected chi connectivity index (χ0v) is 7.87. The Hall–Kier alpha value is -1.20. The van der Waals surface area contributed by atoms with Crippen molar-refractivity contribution in [3.63, 3.8) is 0 Å². The molecule has 0 amide bonds. The van der Waals surface area contributed by atoms with Crippen LogP contribution < -0.4 is 5.73 Å². The highest BCUT2D eigenvalue weighted by Crippen LogP contribution is 2.28. The minimum atomic E-state index is -0.918. The number of nitrogens with zero attached hydrogens (tertiary/aromatic N) is 1. The van der Waals surface area contributed by atoms with Gasteiger partial charge in [0.25, 0.3) is 0 Å². The molecule has 14 heavy (non-hydrogen) atoms. The fraction of sp³-hybridized carbons (Fsp3) is 0.444. The van der Waals surface area contributed by atoms with Crippen LogP contribution >= 0.6 is 0 Å². The molecule has 1 aromatic heterocycles. The Balaban J connectivity index is 3.27. The third kappa shape index (κ3) is 1.83. The van der Waals surface area contributed by atoms with Crippen molar-refractivity contribution in [2.24, 2.45) is 5.73 Å². The van der Waals surface area contributed by atoms with E-state index in [-0.39, 0.29) is 17.9 Å². The highest BCUT2D eigenvalue weighted by Gasteiger charge is 2.17. The molecule has 1 aromatic rings. The minimum Gasteiger partial charge on any atom is -0.506 e. The predicted octanol–water partition coefficient (Wildman–Crippen LogP) is 0.557. The van der Waals surface area contributed by atoms with E-state index in [2.05, 4.69) is 4.98 Å². The van der Waals surface area contributed by atoms with Crippen LogP contribution in [0.25, 0.3) is 0 Å². The summed E-state index contributed by atoms with van der Waals surface area (Å²) < 4.78 is 12.4. The smallest absolute Gasteiger partial charge is 0.141 e. The van der Waals surface area contributed by atoms with E-state index in [1.807, 2.05) is 0 Å². The number of alkyl halides is 1. The molecule has 1 heterocycles. The quantitative estimate of drug-likeness (QED) is 0.666. The Bertz CT molecular complexity index is 331. The number of aliphatic hydroxyl groups is 1. The van der Waals surface area contributed by atoms with Crippen LogP contribution in [0.1, 0.15) is 22.9 Å². The van der Waals surface area contributed by atoms with Gasteiger partial charge in [-0.3, -0.25) is 4.98 Å². The molecule has 4 N–H and O–H groups in total. The molecule has 5 heteroatoms. The van der Waals surface area contributed by atoms with E-state index in [9.17, 15) is 9.50 Å². The second-order valence-corrected chi connectivity index (χ2v) is 3.05. The Morgan fingerprint density at radius 1 is 1.64 bits per heavy atom. The van der Waals surface area contributed by atoms with E-state index in [1.54, 1.807) is 6.92 Å². The highest BCUT2D eigenvalue weighted by atomic mass is 19.1. The molecule has 0 saturated heterocycles. The van der Waals surface area contributed by atoms with Crippen LogP contribution in [-0.4, -0.2) is 21.9 Å². The van der Waals surface area contributed by atoms with E-state index >= 15 is 0 Å². The van der Waals surface area contributed by atoms with Gasteiger partial charge in [0, 0.05) is 17.3 Å². The third-order valence-corrected chi connectivity index (χ3v) is 2.07. The summed E-state index contributed by atoms with van der Waals surface area (Å²) in [4.78, 5) is 3.84. The summed E-state index contributed by atoms with van der Waals surface area (Å²) >= 11 is 0. The lowest BCUT2D eigenvalue weighted by Gasteiger charge is -2.14. The molecule has 0 aliphatic rings. The van der Waals surface area contributed by atoms with E-state index in [0.29, 0.717) is 11.3 Å². The lowest BCUT2D eigenvalue weighted by Crippen LogP contribution is -2.15. The maximum atomic E-state index is 12.4. The Labute approximate surface area is 81.2 Å². The van der Waals surface area contributed by atoms with Gasteiger partial charge in [-0.05, 0) is 6.92 Å². The molecule has 0 unspecified atom stereocenters. The van der Waals surface area contributed by atoms with Crippen LogP contribution in [-0.2, 0) is 6.61 Å². The second kappa shape index (κ2) is 4.34. The van der Waals surface area contributed by atoms with Gasteiger partial charge >= 0.3 is 0 Å². The molecule has 0 radical (unpaired) electrons. The molecule has 1 atom stereocenters. The number of halogens is 1. The molecule has 0 aromatic carbocycles. The largest absolute Gasteiger partial charge is 0.506 e. The fourth-order valence-corrected chi connectivity index (χ4v) is 1.27. The van der Waals surface area contributed by atoms with Crippen molar-refractivity contribution in [3.8, 4) is 5.75 Å². The van der Waals surface area contributed by atoms with Crippen molar-refractivity contribution in [1.82, 2.24) is 4.98 Å². The van der Waals surface area contributed by atoms with E-state index in [0.717, 1.165) is 0 Å². The molecule has 1 rings (SSSR count). The second-order valence-electron chi connectivity index (χ2n) is 3.05. The lowest BCUT2D eigenvalue weighted by molar-refractivity contribution is 0.276. The Morgan fingerprint density at radius 2 is 2.29 bits per heavy atom. The molecule has 0 spiro atoms. The first-order valence-corrected chi connectivity index (χ1v) is 4.21. The van der Waals surface area contributed by atoms with Crippen molar-refractivity contribution < 1.29 is 14.6 Å². The Kier molecular flexibility index (Phi) is 3.38. The summed E-state index contributed by atoms with van der Waals surface area (Å²) in [5.41, 5.74) is 6.44. The van der Waals surface area contributed by atoms with Gasteiger partial charge in [-0.2, -0.15) is 0 Å². The first-order chi connectivity index (χ1) is 6.61. The SMILES string of the molecule is Cc1ncc(CO)c([C@H](N)CF)c1O. The number of hydrogen-bond donors (Lipinski definition) is 3.